The molecule has 0 atom stereocenters. The van der Waals surface area contributed by atoms with E-state index in [2.05, 4.69) is 4.90 Å². The van der Waals surface area contributed by atoms with Crippen LogP contribution >= 0.6 is 0 Å². The highest BCUT2D eigenvalue weighted by Crippen LogP contribution is 2.06. The van der Waals surface area contributed by atoms with Gasteiger partial charge in [-0.05, 0) is 32.0 Å². The Hall–Kier alpha value is -1.62. The first kappa shape index (κ1) is 11.9. The van der Waals surface area contributed by atoms with Gasteiger partial charge in [-0.15, -0.1) is 0 Å². The van der Waals surface area contributed by atoms with Gasteiger partial charge in [0.15, 0.2) is 0 Å². The Kier molecular flexibility index (Phi) is 3.58. The summed E-state index contributed by atoms with van der Waals surface area (Å²) in [5.41, 5.74) is -0.198. The fourth-order valence-electron chi connectivity index (χ4n) is 2.08. The summed E-state index contributed by atoms with van der Waals surface area (Å²) < 4.78 is 1.56. The third-order valence-electron chi connectivity index (χ3n) is 3.10. The van der Waals surface area contributed by atoms with Crippen LogP contribution in [0.25, 0.3) is 0 Å². The van der Waals surface area contributed by atoms with E-state index in [9.17, 15) is 9.59 Å². The zero-order valence-electron chi connectivity index (χ0n) is 9.63. The molecule has 0 spiro atoms. The van der Waals surface area contributed by atoms with E-state index in [1.165, 1.54) is 25.0 Å². The predicted octanol–water partition coefficient (Wildman–Crippen LogP) is 0.642. The molecular formula is C12H16N2O3. The van der Waals surface area contributed by atoms with Crippen molar-refractivity contribution in [3.8, 4) is 0 Å². The number of carbonyl (C=O) groups is 1. The van der Waals surface area contributed by atoms with E-state index in [-0.39, 0.29) is 11.1 Å². The number of hydrogen-bond donors (Lipinski definition) is 1. The normalized spacial score (nSPS) is 16.2. The summed E-state index contributed by atoms with van der Waals surface area (Å²) in [6.07, 6.45) is 4.02. The van der Waals surface area contributed by atoms with Crippen molar-refractivity contribution in [2.24, 2.45) is 0 Å². The van der Waals surface area contributed by atoms with E-state index in [1.807, 2.05) is 0 Å². The smallest absolute Gasteiger partial charge is 0.335 e. The van der Waals surface area contributed by atoms with Crippen LogP contribution in [-0.2, 0) is 6.54 Å². The first-order valence-electron chi connectivity index (χ1n) is 5.83. The van der Waals surface area contributed by atoms with Crippen LogP contribution in [0.5, 0.6) is 0 Å². The van der Waals surface area contributed by atoms with Crippen molar-refractivity contribution in [2.45, 2.75) is 19.4 Å². The second kappa shape index (κ2) is 5.14. The SMILES string of the molecule is O=C(O)c1ccn(CCN2CCCC2)c(=O)c1. The second-order valence-electron chi connectivity index (χ2n) is 4.30. The topological polar surface area (TPSA) is 62.5 Å². The van der Waals surface area contributed by atoms with Crippen molar-refractivity contribution in [3.05, 3.63) is 34.2 Å². The summed E-state index contributed by atoms with van der Waals surface area (Å²) in [4.78, 5) is 24.6. The van der Waals surface area contributed by atoms with Gasteiger partial charge < -0.3 is 14.6 Å². The highest BCUT2D eigenvalue weighted by Gasteiger charge is 2.11. The standard InChI is InChI=1S/C12H16N2O3/c15-11-9-10(12(16)17)3-6-14(11)8-7-13-4-1-2-5-13/h3,6,9H,1-2,4-5,7-8H2,(H,16,17). The monoisotopic (exact) mass is 236 g/mol. The Labute approximate surface area is 99.3 Å². The Morgan fingerprint density at radius 2 is 2.00 bits per heavy atom. The molecule has 0 aromatic carbocycles. The van der Waals surface area contributed by atoms with Gasteiger partial charge in [-0.25, -0.2) is 4.79 Å². The Morgan fingerprint density at radius 3 is 2.59 bits per heavy atom. The third kappa shape index (κ3) is 2.94. The van der Waals surface area contributed by atoms with Crippen LogP contribution in [0.4, 0.5) is 0 Å². The molecule has 1 aromatic heterocycles. The molecule has 1 aliphatic heterocycles. The summed E-state index contributed by atoms with van der Waals surface area (Å²) in [5, 5.41) is 8.75. The lowest BCUT2D eigenvalue weighted by molar-refractivity contribution is 0.0696. The number of pyridine rings is 1. The lowest BCUT2D eigenvalue weighted by Crippen LogP contribution is -2.29. The fraction of sp³-hybridized carbons (Fsp3) is 0.500. The molecule has 1 aliphatic rings. The summed E-state index contributed by atoms with van der Waals surface area (Å²) >= 11 is 0. The maximum Gasteiger partial charge on any atom is 0.335 e. The predicted molar refractivity (Wildman–Crippen MR) is 63.3 cm³/mol. The van der Waals surface area contributed by atoms with Gasteiger partial charge in [-0.2, -0.15) is 0 Å². The average molecular weight is 236 g/mol. The molecule has 0 aliphatic carbocycles. The molecule has 1 aromatic rings. The summed E-state index contributed by atoms with van der Waals surface area (Å²) in [6.45, 7) is 3.68. The lowest BCUT2D eigenvalue weighted by atomic mass is 10.3. The number of aromatic carboxylic acids is 1. The molecule has 5 nitrogen and oxygen atoms in total. The second-order valence-corrected chi connectivity index (χ2v) is 4.30. The number of likely N-dealkylation sites (tertiary alicyclic amines) is 1. The molecule has 2 heterocycles. The highest BCUT2D eigenvalue weighted by molar-refractivity contribution is 5.87. The average Bonchev–Trinajstić information content (AvgIpc) is 2.80. The van der Waals surface area contributed by atoms with Gasteiger partial charge in [0.2, 0.25) is 0 Å². The molecule has 5 heteroatoms. The Balaban J connectivity index is 2.01. The Bertz CT molecular complexity index is 461. The summed E-state index contributed by atoms with van der Waals surface area (Å²) in [7, 11) is 0. The molecule has 0 amide bonds. The molecule has 92 valence electrons. The van der Waals surface area contributed by atoms with Crippen molar-refractivity contribution in [1.29, 1.82) is 0 Å². The van der Waals surface area contributed by atoms with Gasteiger partial charge in [-0.1, -0.05) is 0 Å². The number of carboxylic acid groups (broad SMARTS) is 1. The molecule has 0 bridgehead atoms. The number of carboxylic acids is 1. The van der Waals surface area contributed by atoms with Crippen LogP contribution in [-0.4, -0.2) is 40.2 Å². The van der Waals surface area contributed by atoms with E-state index in [1.54, 1.807) is 10.8 Å². The minimum Gasteiger partial charge on any atom is -0.478 e. The van der Waals surface area contributed by atoms with E-state index < -0.39 is 5.97 Å². The maximum atomic E-state index is 11.6. The van der Waals surface area contributed by atoms with E-state index in [0.29, 0.717) is 6.54 Å². The Morgan fingerprint density at radius 1 is 1.29 bits per heavy atom. The molecule has 0 saturated carbocycles. The number of hydrogen-bond acceptors (Lipinski definition) is 3. The fourth-order valence-corrected chi connectivity index (χ4v) is 2.08. The summed E-state index contributed by atoms with van der Waals surface area (Å²) in [6, 6.07) is 2.64. The van der Waals surface area contributed by atoms with Crippen LogP contribution in [0, 0.1) is 0 Å². The zero-order chi connectivity index (χ0) is 12.3. The van der Waals surface area contributed by atoms with Crippen LogP contribution in [0.1, 0.15) is 23.2 Å². The molecule has 1 saturated heterocycles. The molecule has 17 heavy (non-hydrogen) atoms. The summed E-state index contributed by atoms with van der Waals surface area (Å²) in [5.74, 6) is -1.06. The van der Waals surface area contributed by atoms with Crippen molar-refractivity contribution in [2.75, 3.05) is 19.6 Å². The van der Waals surface area contributed by atoms with Crippen molar-refractivity contribution in [3.63, 3.8) is 0 Å². The van der Waals surface area contributed by atoms with Crippen molar-refractivity contribution < 1.29 is 9.90 Å². The number of rotatable bonds is 4. The molecule has 1 N–H and O–H groups in total. The molecular weight excluding hydrogens is 220 g/mol. The number of nitrogens with zero attached hydrogens (tertiary/aromatic N) is 2. The van der Waals surface area contributed by atoms with Gasteiger partial charge in [0.1, 0.15) is 0 Å². The molecule has 0 radical (unpaired) electrons. The molecule has 1 fully saturated rings. The van der Waals surface area contributed by atoms with Crippen LogP contribution in [0.3, 0.4) is 0 Å². The largest absolute Gasteiger partial charge is 0.478 e. The zero-order valence-corrected chi connectivity index (χ0v) is 9.63. The minimum atomic E-state index is -1.06. The van der Waals surface area contributed by atoms with Crippen LogP contribution < -0.4 is 5.56 Å². The quantitative estimate of drug-likeness (QED) is 0.833. The highest BCUT2D eigenvalue weighted by atomic mass is 16.4. The number of aromatic nitrogens is 1. The van der Waals surface area contributed by atoms with Crippen LogP contribution in [0.2, 0.25) is 0 Å². The molecule has 2 rings (SSSR count). The van der Waals surface area contributed by atoms with E-state index in [0.717, 1.165) is 19.6 Å². The van der Waals surface area contributed by atoms with E-state index in [4.69, 9.17) is 5.11 Å². The lowest BCUT2D eigenvalue weighted by Gasteiger charge is -2.15. The third-order valence-corrected chi connectivity index (χ3v) is 3.10. The van der Waals surface area contributed by atoms with Gasteiger partial charge >= 0.3 is 5.97 Å². The molecule has 0 unspecified atom stereocenters. The van der Waals surface area contributed by atoms with Gasteiger partial charge in [0.25, 0.3) is 5.56 Å². The van der Waals surface area contributed by atoms with Gasteiger partial charge in [0, 0.05) is 25.4 Å². The van der Waals surface area contributed by atoms with E-state index >= 15 is 0 Å². The first-order chi connectivity index (χ1) is 8.16. The minimum absolute atomic E-state index is 0.0485. The van der Waals surface area contributed by atoms with Crippen molar-refractivity contribution in [1.82, 2.24) is 9.47 Å². The van der Waals surface area contributed by atoms with Gasteiger partial charge in [0.05, 0.1) is 5.56 Å². The van der Waals surface area contributed by atoms with Crippen molar-refractivity contribution >= 4 is 5.97 Å². The first-order valence-corrected chi connectivity index (χ1v) is 5.83. The maximum absolute atomic E-state index is 11.6. The van der Waals surface area contributed by atoms with Gasteiger partial charge in [-0.3, -0.25) is 4.79 Å². The van der Waals surface area contributed by atoms with Crippen LogP contribution in [0.15, 0.2) is 23.1 Å².